The number of benzene rings is 3. The first-order valence-electron chi connectivity index (χ1n) is 7.73. The van der Waals surface area contributed by atoms with E-state index < -0.39 is 5.82 Å². The Morgan fingerprint density at radius 3 is 2.19 bits per heavy atom. The number of hydrogen-bond donors (Lipinski definition) is 0. The van der Waals surface area contributed by atoms with E-state index in [4.69, 9.17) is 23.2 Å². The normalized spacial score (nSPS) is 10.6. The molecule has 0 saturated heterocycles. The zero-order valence-corrected chi connectivity index (χ0v) is 15.7. The van der Waals surface area contributed by atoms with Gasteiger partial charge in [-0.25, -0.2) is 9.37 Å². The smallest absolute Gasteiger partial charge is 0.142 e. The van der Waals surface area contributed by atoms with Crippen LogP contribution in [0.5, 0.6) is 0 Å². The molecule has 0 spiro atoms. The Morgan fingerprint density at radius 1 is 0.731 bits per heavy atom. The maximum atomic E-state index is 14.0. The molecule has 0 atom stereocenters. The molecule has 0 N–H and O–H groups in total. The molecule has 130 valence electrons. The molecule has 0 fully saturated rings. The van der Waals surface area contributed by atoms with Crippen LogP contribution >= 0.6 is 35.6 Å². The highest BCUT2D eigenvalue weighted by Gasteiger charge is 2.14. The summed E-state index contributed by atoms with van der Waals surface area (Å²) in [6.45, 7) is 0. The molecule has 0 aliphatic heterocycles. The molecule has 1 aromatic heterocycles. The second-order valence-corrected chi connectivity index (χ2v) is 6.50. The van der Waals surface area contributed by atoms with Crippen LogP contribution in [0, 0.1) is 5.82 Å². The molecule has 4 aromatic rings. The summed E-state index contributed by atoms with van der Waals surface area (Å²) in [5.41, 5.74) is 4.04. The third kappa shape index (κ3) is 3.41. The van der Waals surface area contributed by atoms with E-state index in [9.17, 15) is 4.39 Å². The van der Waals surface area contributed by atoms with Crippen molar-refractivity contribution in [2.45, 2.75) is 0 Å². The van der Waals surface area contributed by atoms with Crippen molar-refractivity contribution >= 4 is 46.5 Å². The van der Waals surface area contributed by atoms with Crippen LogP contribution < -0.4 is 0 Å². The average Bonchev–Trinajstić information content (AvgIpc) is 2.64. The predicted molar refractivity (Wildman–Crippen MR) is 110 cm³/mol. The molecule has 1 nitrogen and oxygen atoms in total. The number of hydrogen-bond acceptors (Lipinski definition) is 1. The summed E-state index contributed by atoms with van der Waals surface area (Å²) >= 11 is 12.1. The fourth-order valence-corrected chi connectivity index (χ4v) is 3.37. The van der Waals surface area contributed by atoms with Crippen LogP contribution in [0.25, 0.3) is 33.3 Å². The Labute approximate surface area is 166 Å². The molecule has 0 radical (unpaired) electrons. The summed E-state index contributed by atoms with van der Waals surface area (Å²) in [6, 6.07) is 22.6. The Morgan fingerprint density at radius 2 is 1.42 bits per heavy atom. The van der Waals surface area contributed by atoms with Crippen LogP contribution in [0.2, 0.25) is 10.0 Å². The minimum atomic E-state index is -0.516. The number of halogens is 4. The van der Waals surface area contributed by atoms with E-state index in [1.54, 1.807) is 0 Å². The van der Waals surface area contributed by atoms with E-state index in [-0.39, 0.29) is 17.4 Å². The largest absolute Gasteiger partial charge is 0.248 e. The van der Waals surface area contributed by atoms with Gasteiger partial charge in [-0.05, 0) is 35.4 Å². The highest BCUT2D eigenvalue weighted by Crippen LogP contribution is 2.36. The van der Waals surface area contributed by atoms with Crippen LogP contribution in [0.15, 0.2) is 72.8 Å². The van der Waals surface area contributed by atoms with Gasteiger partial charge >= 0.3 is 0 Å². The zero-order valence-electron chi connectivity index (χ0n) is 13.4. The van der Waals surface area contributed by atoms with Crippen LogP contribution in [0.4, 0.5) is 4.39 Å². The summed E-state index contributed by atoms with van der Waals surface area (Å²) in [7, 11) is 0. The van der Waals surface area contributed by atoms with Crippen LogP contribution in [0.1, 0.15) is 0 Å². The van der Waals surface area contributed by atoms with E-state index in [0.29, 0.717) is 16.3 Å². The van der Waals surface area contributed by atoms with Gasteiger partial charge in [0.25, 0.3) is 0 Å². The van der Waals surface area contributed by atoms with Crippen molar-refractivity contribution in [3.63, 3.8) is 0 Å². The first kappa shape index (κ1) is 18.7. The lowest BCUT2D eigenvalue weighted by Crippen LogP contribution is -1.91. The van der Waals surface area contributed by atoms with Crippen molar-refractivity contribution in [2.75, 3.05) is 0 Å². The molecular formula is C21H13Cl3FN. The number of nitrogens with zero attached hydrogens (tertiary/aromatic N) is 1. The number of aromatic nitrogens is 1. The molecule has 1 heterocycles. The first-order chi connectivity index (χ1) is 12.1. The van der Waals surface area contributed by atoms with Crippen LogP contribution in [-0.4, -0.2) is 4.98 Å². The molecule has 0 unspecified atom stereocenters. The van der Waals surface area contributed by atoms with Crippen molar-refractivity contribution in [1.29, 1.82) is 0 Å². The molecule has 5 heteroatoms. The topological polar surface area (TPSA) is 12.9 Å². The van der Waals surface area contributed by atoms with Crippen LogP contribution in [-0.2, 0) is 0 Å². The summed E-state index contributed by atoms with van der Waals surface area (Å²) in [6.07, 6.45) is 0. The first-order valence-corrected chi connectivity index (χ1v) is 8.49. The Balaban J connectivity index is 0.00000196. The zero-order chi connectivity index (χ0) is 17.4. The predicted octanol–water partition coefficient (Wildman–Crippen LogP) is 7.44. The van der Waals surface area contributed by atoms with Crippen LogP contribution in [0.3, 0.4) is 0 Å². The van der Waals surface area contributed by atoms with Gasteiger partial charge in [-0.3, -0.25) is 0 Å². The molecule has 0 amide bonds. The molecule has 0 saturated carbocycles. The van der Waals surface area contributed by atoms with Gasteiger partial charge in [0.2, 0.25) is 0 Å². The fraction of sp³-hybridized carbons (Fsp3) is 0. The highest BCUT2D eigenvalue weighted by atomic mass is 35.5. The quantitative estimate of drug-likeness (QED) is 0.316. The van der Waals surface area contributed by atoms with Gasteiger partial charge < -0.3 is 0 Å². The number of pyridine rings is 1. The van der Waals surface area contributed by atoms with Crippen molar-refractivity contribution in [1.82, 2.24) is 4.98 Å². The minimum absolute atomic E-state index is 0. The summed E-state index contributed by atoms with van der Waals surface area (Å²) in [4.78, 5) is 4.67. The van der Waals surface area contributed by atoms with E-state index in [1.165, 1.54) is 12.1 Å². The minimum Gasteiger partial charge on any atom is -0.248 e. The van der Waals surface area contributed by atoms with Crippen molar-refractivity contribution in [3.05, 3.63) is 88.7 Å². The second kappa shape index (κ2) is 7.63. The van der Waals surface area contributed by atoms with Gasteiger partial charge in [0, 0.05) is 10.9 Å². The lowest BCUT2D eigenvalue weighted by molar-refractivity contribution is 0.628. The molecule has 26 heavy (non-hydrogen) atoms. The van der Waals surface area contributed by atoms with Crippen molar-refractivity contribution in [2.24, 2.45) is 0 Å². The second-order valence-electron chi connectivity index (χ2n) is 5.68. The summed E-state index contributed by atoms with van der Waals surface area (Å²) < 4.78 is 14.0. The standard InChI is InChI=1S/C21H12Cl2FN.ClH/c22-17-12-18(23)19(24)10-16(17)21-11-15(13-6-2-1-3-7-13)14-8-4-5-9-20(14)25-21;/h1-12H;1H. The molecular weight excluding hydrogens is 392 g/mol. The number of rotatable bonds is 2. The molecule has 0 bridgehead atoms. The Bertz CT molecular complexity index is 1080. The van der Waals surface area contributed by atoms with E-state index in [2.05, 4.69) is 4.98 Å². The van der Waals surface area contributed by atoms with Gasteiger partial charge in [-0.1, -0.05) is 71.7 Å². The lowest BCUT2D eigenvalue weighted by atomic mass is 9.98. The monoisotopic (exact) mass is 403 g/mol. The van der Waals surface area contributed by atoms with Gasteiger partial charge in [-0.2, -0.15) is 0 Å². The Hall–Kier alpha value is -2.13. The molecule has 0 aliphatic carbocycles. The van der Waals surface area contributed by atoms with E-state index in [0.717, 1.165) is 22.0 Å². The molecule has 0 aliphatic rings. The molecule has 3 aromatic carbocycles. The summed E-state index contributed by atoms with van der Waals surface area (Å²) in [5.74, 6) is -0.516. The third-order valence-electron chi connectivity index (χ3n) is 4.09. The number of para-hydroxylation sites is 1. The maximum Gasteiger partial charge on any atom is 0.142 e. The van der Waals surface area contributed by atoms with Gasteiger partial charge in [0.15, 0.2) is 0 Å². The van der Waals surface area contributed by atoms with Crippen molar-refractivity contribution in [3.8, 4) is 22.4 Å². The maximum absolute atomic E-state index is 14.0. The molecule has 4 rings (SSSR count). The van der Waals surface area contributed by atoms with Gasteiger partial charge in [0.05, 0.1) is 21.3 Å². The van der Waals surface area contributed by atoms with Crippen molar-refractivity contribution < 1.29 is 4.39 Å². The van der Waals surface area contributed by atoms with E-state index >= 15 is 0 Å². The average molecular weight is 405 g/mol. The third-order valence-corrected chi connectivity index (χ3v) is 4.69. The van der Waals surface area contributed by atoms with Gasteiger partial charge in [-0.15, -0.1) is 12.4 Å². The van der Waals surface area contributed by atoms with E-state index in [1.807, 2.05) is 60.7 Å². The number of fused-ring (bicyclic) bond motifs is 1. The highest BCUT2D eigenvalue weighted by molar-refractivity contribution is 6.36. The summed E-state index contributed by atoms with van der Waals surface area (Å²) in [5, 5.41) is 1.40. The van der Waals surface area contributed by atoms with Gasteiger partial charge in [0.1, 0.15) is 5.82 Å². The fourth-order valence-electron chi connectivity index (χ4n) is 2.89. The lowest BCUT2D eigenvalue weighted by Gasteiger charge is -2.12. The Kier molecular flexibility index (Phi) is 5.47. The SMILES string of the molecule is Cl.Fc1cc(-c2cc(-c3ccccc3)c3ccccc3n2)c(Cl)cc1Cl.